The minimum atomic E-state index is -3.66. The van der Waals surface area contributed by atoms with E-state index in [4.69, 9.17) is 5.14 Å². The van der Waals surface area contributed by atoms with Gasteiger partial charge in [-0.1, -0.05) is 0 Å². The fourth-order valence-electron chi connectivity index (χ4n) is 3.26. The van der Waals surface area contributed by atoms with Crippen molar-refractivity contribution in [1.29, 1.82) is 0 Å². The van der Waals surface area contributed by atoms with Crippen LogP contribution in [0.3, 0.4) is 0 Å². The molecule has 1 saturated carbocycles. The first-order valence-electron chi connectivity index (χ1n) is 7.46. The Morgan fingerprint density at radius 2 is 1.76 bits per heavy atom. The quantitative estimate of drug-likeness (QED) is 0.742. The van der Waals surface area contributed by atoms with Gasteiger partial charge in [0.15, 0.2) is 0 Å². The van der Waals surface area contributed by atoms with E-state index in [9.17, 15) is 18.0 Å². The molecule has 2 saturated heterocycles. The molecule has 7 nitrogen and oxygen atoms in total. The minimum Gasteiger partial charge on any atom is -0.342 e. The monoisotopic (exact) mass is 315 g/mol. The zero-order chi connectivity index (χ0) is 15.2. The number of carbonyl (C=O) groups is 2. The summed E-state index contributed by atoms with van der Waals surface area (Å²) in [6.45, 7) is 1.51. The Morgan fingerprint density at radius 1 is 1.14 bits per heavy atom. The second-order valence-corrected chi connectivity index (χ2v) is 8.14. The van der Waals surface area contributed by atoms with Gasteiger partial charge < -0.3 is 9.80 Å². The number of carbonyl (C=O) groups excluding carboxylic acids is 2. The zero-order valence-corrected chi connectivity index (χ0v) is 12.7. The Kier molecular flexibility index (Phi) is 3.69. The molecule has 118 valence electrons. The van der Waals surface area contributed by atoms with Crippen LogP contribution in [0.1, 0.15) is 32.1 Å². The van der Waals surface area contributed by atoms with Crippen molar-refractivity contribution in [3.8, 4) is 0 Å². The first kappa shape index (κ1) is 14.8. The number of hydrogen-bond acceptors (Lipinski definition) is 4. The number of piperidine rings is 1. The van der Waals surface area contributed by atoms with Gasteiger partial charge in [0.2, 0.25) is 21.8 Å². The molecular weight excluding hydrogens is 294 g/mol. The normalized spacial score (nSPS) is 28.2. The van der Waals surface area contributed by atoms with E-state index in [0.717, 1.165) is 25.7 Å². The summed E-state index contributed by atoms with van der Waals surface area (Å²) in [6.07, 6.45) is 3.43. The molecule has 0 aromatic carbocycles. The third kappa shape index (κ3) is 3.06. The highest BCUT2D eigenvalue weighted by molar-refractivity contribution is 7.89. The Balaban J connectivity index is 1.57. The predicted octanol–water partition coefficient (Wildman–Crippen LogP) is -0.723. The average molecular weight is 315 g/mol. The zero-order valence-electron chi connectivity index (χ0n) is 11.9. The summed E-state index contributed by atoms with van der Waals surface area (Å²) in [5.41, 5.74) is 0. The lowest BCUT2D eigenvalue weighted by Gasteiger charge is -2.37. The summed E-state index contributed by atoms with van der Waals surface area (Å²) in [7, 11) is -3.66. The van der Waals surface area contributed by atoms with Crippen molar-refractivity contribution in [1.82, 2.24) is 9.80 Å². The molecule has 8 heteroatoms. The molecule has 3 fully saturated rings. The molecule has 3 rings (SSSR count). The molecule has 3 aliphatic rings. The molecule has 2 heterocycles. The highest BCUT2D eigenvalue weighted by atomic mass is 32.2. The molecule has 21 heavy (non-hydrogen) atoms. The van der Waals surface area contributed by atoms with Gasteiger partial charge >= 0.3 is 0 Å². The van der Waals surface area contributed by atoms with Crippen molar-refractivity contribution in [3.05, 3.63) is 0 Å². The molecule has 2 amide bonds. The smallest absolute Gasteiger partial charge is 0.225 e. The molecule has 1 unspecified atom stereocenters. The number of nitrogens with two attached hydrogens (primary N) is 1. The topological polar surface area (TPSA) is 101 Å². The maximum absolute atomic E-state index is 12.0. The van der Waals surface area contributed by atoms with Gasteiger partial charge in [0, 0.05) is 38.0 Å². The van der Waals surface area contributed by atoms with Crippen LogP contribution in [0.25, 0.3) is 0 Å². The lowest BCUT2D eigenvalue weighted by molar-refractivity contribution is -0.135. The van der Waals surface area contributed by atoms with E-state index < -0.39 is 15.3 Å². The largest absolute Gasteiger partial charge is 0.342 e. The number of amides is 2. The number of primary sulfonamides is 1. The van der Waals surface area contributed by atoms with Gasteiger partial charge in [-0.2, -0.15) is 0 Å². The van der Waals surface area contributed by atoms with Crippen molar-refractivity contribution >= 4 is 21.8 Å². The van der Waals surface area contributed by atoms with Crippen LogP contribution in [0.2, 0.25) is 0 Å². The molecule has 0 spiro atoms. The number of sulfonamides is 1. The number of hydrogen-bond donors (Lipinski definition) is 1. The van der Waals surface area contributed by atoms with E-state index in [-0.39, 0.29) is 36.7 Å². The molecule has 1 atom stereocenters. The van der Waals surface area contributed by atoms with Gasteiger partial charge in [0.1, 0.15) is 5.25 Å². The summed E-state index contributed by atoms with van der Waals surface area (Å²) < 4.78 is 22.8. The van der Waals surface area contributed by atoms with E-state index >= 15 is 0 Å². The summed E-state index contributed by atoms with van der Waals surface area (Å²) in [5, 5.41) is 4.36. The van der Waals surface area contributed by atoms with Gasteiger partial charge in [0.05, 0.1) is 0 Å². The predicted molar refractivity (Wildman–Crippen MR) is 75.6 cm³/mol. The highest BCUT2D eigenvalue weighted by Crippen LogP contribution is 2.32. The maximum atomic E-state index is 12.0. The summed E-state index contributed by atoms with van der Waals surface area (Å²) in [4.78, 5) is 27.5. The lowest BCUT2D eigenvalue weighted by Crippen LogP contribution is -2.48. The van der Waals surface area contributed by atoms with Crippen molar-refractivity contribution < 1.29 is 18.0 Å². The summed E-state index contributed by atoms with van der Waals surface area (Å²) in [6, 6.07) is 0.0347. The lowest BCUT2D eigenvalue weighted by atomic mass is 10.0. The SMILES string of the molecule is NS(=O)(=O)C1CC(=O)N(C2CCN(C(=O)C3CC3)CC2)C1. The van der Waals surface area contributed by atoms with Crippen LogP contribution in [0, 0.1) is 5.92 Å². The fourth-order valence-corrected chi connectivity index (χ4v) is 4.00. The van der Waals surface area contributed by atoms with Crippen molar-refractivity contribution in [2.24, 2.45) is 11.1 Å². The number of nitrogens with zero attached hydrogens (tertiary/aromatic N) is 2. The second kappa shape index (κ2) is 5.24. The first-order valence-corrected chi connectivity index (χ1v) is 9.07. The maximum Gasteiger partial charge on any atom is 0.225 e. The van der Waals surface area contributed by atoms with Crippen LogP contribution >= 0.6 is 0 Å². The van der Waals surface area contributed by atoms with Gasteiger partial charge in [-0.15, -0.1) is 0 Å². The molecule has 2 N–H and O–H groups in total. The van der Waals surface area contributed by atoms with Gasteiger partial charge in [-0.25, -0.2) is 13.6 Å². The van der Waals surface area contributed by atoms with Crippen LogP contribution in [0.15, 0.2) is 0 Å². The molecule has 0 radical (unpaired) electrons. The first-order chi connectivity index (χ1) is 9.86. The van der Waals surface area contributed by atoms with Crippen molar-refractivity contribution in [3.63, 3.8) is 0 Å². The Hall–Kier alpha value is -1.15. The standard InChI is InChI=1S/C13H21N3O4S/c14-21(19,20)11-7-12(17)16(8-11)10-3-5-15(6-4-10)13(18)9-1-2-9/h9-11H,1-8H2,(H2,14,19,20). The Bertz CT molecular complexity index is 550. The van der Waals surface area contributed by atoms with Crippen LogP contribution in [0.5, 0.6) is 0 Å². The van der Waals surface area contributed by atoms with Gasteiger partial charge in [-0.05, 0) is 25.7 Å². The van der Waals surface area contributed by atoms with Crippen LogP contribution in [-0.4, -0.2) is 61.0 Å². The Morgan fingerprint density at radius 3 is 2.24 bits per heavy atom. The third-order valence-corrected chi connectivity index (χ3v) is 5.98. The van der Waals surface area contributed by atoms with Crippen LogP contribution in [-0.2, 0) is 19.6 Å². The highest BCUT2D eigenvalue weighted by Gasteiger charge is 2.41. The molecule has 1 aliphatic carbocycles. The summed E-state index contributed by atoms with van der Waals surface area (Å²) >= 11 is 0. The van der Waals surface area contributed by atoms with E-state index in [0.29, 0.717) is 13.1 Å². The molecule has 2 aliphatic heterocycles. The Labute approximate surface area is 124 Å². The van der Waals surface area contributed by atoms with E-state index in [2.05, 4.69) is 0 Å². The summed E-state index contributed by atoms with van der Waals surface area (Å²) in [5.74, 6) is 0.325. The van der Waals surface area contributed by atoms with E-state index in [1.165, 1.54) is 0 Å². The number of rotatable bonds is 3. The molecule has 0 aromatic rings. The van der Waals surface area contributed by atoms with Gasteiger partial charge in [0.25, 0.3) is 0 Å². The molecular formula is C13H21N3O4S. The van der Waals surface area contributed by atoms with E-state index in [1.807, 2.05) is 4.90 Å². The fraction of sp³-hybridized carbons (Fsp3) is 0.846. The van der Waals surface area contributed by atoms with Crippen LogP contribution < -0.4 is 5.14 Å². The average Bonchev–Trinajstić information content (AvgIpc) is 3.20. The van der Waals surface area contributed by atoms with Crippen molar-refractivity contribution in [2.45, 2.75) is 43.4 Å². The van der Waals surface area contributed by atoms with Crippen molar-refractivity contribution in [2.75, 3.05) is 19.6 Å². The molecule has 0 aromatic heterocycles. The second-order valence-electron chi connectivity index (χ2n) is 6.29. The van der Waals surface area contributed by atoms with E-state index in [1.54, 1.807) is 4.90 Å². The number of likely N-dealkylation sites (tertiary alicyclic amines) is 2. The van der Waals surface area contributed by atoms with Gasteiger partial charge in [-0.3, -0.25) is 9.59 Å². The third-order valence-electron chi connectivity index (χ3n) is 4.73. The molecule has 0 bridgehead atoms. The minimum absolute atomic E-state index is 0.0138. The van der Waals surface area contributed by atoms with Crippen LogP contribution in [0.4, 0.5) is 0 Å².